The molecule has 1 aliphatic carbocycles. The van der Waals surface area contributed by atoms with Crippen LogP contribution in [-0.2, 0) is 0 Å². The molecule has 3 aromatic rings. The smallest absolute Gasteiger partial charge is 0.123 e. The average molecular weight is 518 g/mol. The molecule has 2 saturated heterocycles. The van der Waals surface area contributed by atoms with Crippen molar-refractivity contribution in [2.75, 3.05) is 50.7 Å². The Morgan fingerprint density at radius 1 is 0.974 bits per heavy atom. The van der Waals surface area contributed by atoms with Gasteiger partial charge < -0.3 is 15.2 Å². The number of rotatable bonds is 7. The second-order valence-electron chi connectivity index (χ2n) is 12.3. The molecule has 6 rings (SSSR count). The Morgan fingerprint density at radius 2 is 1.74 bits per heavy atom. The van der Waals surface area contributed by atoms with Crippen molar-refractivity contribution in [3.8, 4) is 11.3 Å². The molecule has 38 heavy (non-hydrogen) atoms. The summed E-state index contributed by atoms with van der Waals surface area (Å²) in [6.07, 6.45) is 6.46. The second kappa shape index (κ2) is 10.6. The zero-order chi connectivity index (χ0) is 26.3. The topological polar surface area (TPSA) is 37.5 Å². The van der Waals surface area contributed by atoms with Crippen LogP contribution in [0.3, 0.4) is 0 Å². The molecule has 2 aliphatic heterocycles. The maximum atomic E-state index is 13.7. The Balaban J connectivity index is 1.06. The number of aromatic nitrogens is 1. The lowest BCUT2D eigenvalue weighted by Crippen LogP contribution is -2.65. The van der Waals surface area contributed by atoms with Gasteiger partial charge in [-0.25, -0.2) is 4.39 Å². The van der Waals surface area contributed by atoms with Crippen molar-refractivity contribution in [3.05, 3.63) is 53.8 Å². The Morgan fingerprint density at radius 3 is 2.42 bits per heavy atom. The highest BCUT2D eigenvalue weighted by Gasteiger charge is 2.43. The van der Waals surface area contributed by atoms with Crippen LogP contribution in [0.1, 0.15) is 51.5 Å². The molecule has 0 bridgehead atoms. The predicted molar refractivity (Wildman–Crippen MR) is 157 cm³/mol. The highest BCUT2D eigenvalue weighted by atomic mass is 19.1. The van der Waals surface area contributed by atoms with Gasteiger partial charge in [-0.05, 0) is 94.8 Å². The third-order valence-electron chi connectivity index (χ3n) is 9.67. The van der Waals surface area contributed by atoms with Gasteiger partial charge in [0.2, 0.25) is 0 Å². The Kier molecular flexibility index (Phi) is 7.23. The average Bonchev–Trinajstić information content (AvgIpc) is 3.32. The second-order valence-corrected chi connectivity index (χ2v) is 12.3. The standard InChI is InChI=1S/C32H44FN5/c1-23(2)36-15-17-38(18-16-36)32(11-4-12-32)22-34-27-9-13-37(14-10-27)28-7-5-24(3)29(21-28)31-20-25-19-26(33)6-8-30(25)35-31/h5-8,19-21,23,27,34-35H,4,9-18,22H2,1-3H3. The van der Waals surface area contributed by atoms with Crippen LogP contribution in [0.2, 0.25) is 0 Å². The van der Waals surface area contributed by atoms with E-state index in [-0.39, 0.29) is 5.82 Å². The van der Waals surface area contributed by atoms with Crippen molar-refractivity contribution >= 4 is 16.6 Å². The highest BCUT2D eigenvalue weighted by Crippen LogP contribution is 2.38. The third-order valence-corrected chi connectivity index (χ3v) is 9.67. The minimum Gasteiger partial charge on any atom is -0.371 e. The summed E-state index contributed by atoms with van der Waals surface area (Å²) in [6, 6.07) is 15.1. The molecular weight excluding hydrogens is 473 g/mol. The van der Waals surface area contributed by atoms with E-state index >= 15 is 0 Å². The molecule has 3 heterocycles. The Labute approximate surface area is 227 Å². The molecule has 5 nitrogen and oxygen atoms in total. The number of anilines is 1. The molecule has 0 spiro atoms. The summed E-state index contributed by atoms with van der Waals surface area (Å²) in [5, 5.41) is 4.94. The zero-order valence-electron chi connectivity index (χ0n) is 23.4. The van der Waals surface area contributed by atoms with Gasteiger partial charge >= 0.3 is 0 Å². The molecule has 6 heteroatoms. The number of H-pyrrole nitrogens is 1. The molecule has 1 aromatic heterocycles. The molecule has 1 saturated carbocycles. The van der Waals surface area contributed by atoms with Crippen molar-refractivity contribution < 1.29 is 4.39 Å². The zero-order valence-corrected chi connectivity index (χ0v) is 23.4. The van der Waals surface area contributed by atoms with Crippen LogP contribution in [0.4, 0.5) is 10.1 Å². The summed E-state index contributed by atoms with van der Waals surface area (Å²) in [5.74, 6) is -0.193. The van der Waals surface area contributed by atoms with E-state index in [1.54, 1.807) is 6.07 Å². The maximum absolute atomic E-state index is 13.7. The summed E-state index contributed by atoms with van der Waals surface area (Å²) in [5.41, 5.74) is 6.15. The monoisotopic (exact) mass is 517 g/mol. The fourth-order valence-corrected chi connectivity index (χ4v) is 6.92. The van der Waals surface area contributed by atoms with Crippen LogP contribution in [0.15, 0.2) is 42.5 Å². The number of piperazine rings is 1. The van der Waals surface area contributed by atoms with E-state index in [2.05, 4.69) is 70.0 Å². The summed E-state index contributed by atoms with van der Waals surface area (Å²) < 4.78 is 13.7. The SMILES string of the molecule is Cc1ccc(N2CCC(NCC3(N4CCN(C(C)C)CC4)CCC3)CC2)cc1-c1cc2cc(F)ccc2[nH]1. The van der Waals surface area contributed by atoms with Crippen molar-refractivity contribution in [2.45, 2.75) is 70.5 Å². The van der Waals surface area contributed by atoms with Gasteiger partial charge in [0.15, 0.2) is 0 Å². The van der Waals surface area contributed by atoms with Gasteiger partial charge in [0.25, 0.3) is 0 Å². The minimum absolute atomic E-state index is 0.193. The van der Waals surface area contributed by atoms with Crippen LogP contribution in [-0.4, -0.2) is 78.2 Å². The van der Waals surface area contributed by atoms with Gasteiger partial charge in [0.1, 0.15) is 5.82 Å². The first-order valence-corrected chi connectivity index (χ1v) is 14.8. The summed E-state index contributed by atoms with van der Waals surface area (Å²) in [7, 11) is 0. The maximum Gasteiger partial charge on any atom is 0.123 e. The molecule has 3 fully saturated rings. The van der Waals surface area contributed by atoms with E-state index in [9.17, 15) is 4.39 Å². The van der Waals surface area contributed by atoms with Gasteiger partial charge in [0, 0.05) is 91.3 Å². The highest BCUT2D eigenvalue weighted by molar-refractivity contribution is 5.87. The minimum atomic E-state index is -0.193. The van der Waals surface area contributed by atoms with E-state index < -0.39 is 0 Å². The molecule has 0 unspecified atom stereocenters. The molecule has 3 aliphatic rings. The third kappa shape index (κ3) is 5.11. The van der Waals surface area contributed by atoms with Crippen molar-refractivity contribution in [2.24, 2.45) is 0 Å². The largest absolute Gasteiger partial charge is 0.371 e. The Hall–Kier alpha value is -2.41. The summed E-state index contributed by atoms with van der Waals surface area (Å²) in [4.78, 5) is 11.5. The molecule has 2 aromatic carbocycles. The van der Waals surface area contributed by atoms with Gasteiger partial charge in [-0.15, -0.1) is 0 Å². The number of aryl methyl sites for hydroxylation is 1. The van der Waals surface area contributed by atoms with Crippen LogP contribution in [0.25, 0.3) is 22.2 Å². The molecule has 0 amide bonds. The summed E-state index contributed by atoms with van der Waals surface area (Å²) in [6.45, 7) is 15.0. The van der Waals surface area contributed by atoms with E-state index in [4.69, 9.17) is 0 Å². The molecule has 0 atom stereocenters. The van der Waals surface area contributed by atoms with E-state index in [1.165, 1.54) is 81.2 Å². The van der Waals surface area contributed by atoms with Gasteiger partial charge in [-0.1, -0.05) is 6.07 Å². The number of nitrogens with zero attached hydrogens (tertiary/aromatic N) is 3. The van der Waals surface area contributed by atoms with Crippen molar-refractivity contribution in [3.63, 3.8) is 0 Å². The fraction of sp³-hybridized carbons (Fsp3) is 0.562. The normalized spacial score (nSPS) is 21.3. The lowest BCUT2D eigenvalue weighted by molar-refractivity contribution is -0.0252. The number of hydrogen-bond acceptors (Lipinski definition) is 4. The number of nitrogens with one attached hydrogen (secondary N) is 2. The number of aromatic amines is 1. The molecule has 204 valence electrons. The lowest BCUT2D eigenvalue weighted by atomic mass is 9.74. The quantitative estimate of drug-likeness (QED) is 0.416. The van der Waals surface area contributed by atoms with Crippen LogP contribution >= 0.6 is 0 Å². The molecular formula is C32H44FN5. The van der Waals surface area contributed by atoms with Crippen molar-refractivity contribution in [1.29, 1.82) is 0 Å². The van der Waals surface area contributed by atoms with E-state index in [0.717, 1.165) is 36.2 Å². The van der Waals surface area contributed by atoms with Crippen molar-refractivity contribution in [1.82, 2.24) is 20.1 Å². The van der Waals surface area contributed by atoms with Gasteiger partial charge in [-0.3, -0.25) is 9.80 Å². The van der Waals surface area contributed by atoms with Crippen LogP contribution < -0.4 is 10.2 Å². The van der Waals surface area contributed by atoms with E-state index in [0.29, 0.717) is 17.6 Å². The van der Waals surface area contributed by atoms with Crippen LogP contribution in [0, 0.1) is 12.7 Å². The number of hydrogen-bond donors (Lipinski definition) is 2. The Bertz CT molecular complexity index is 1250. The number of halogens is 1. The first-order chi connectivity index (χ1) is 18.4. The number of piperidine rings is 1. The van der Waals surface area contributed by atoms with E-state index in [1.807, 2.05) is 6.07 Å². The predicted octanol–water partition coefficient (Wildman–Crippen LogP) is 5.79. The first kappa shape index (κ1) is 25.8. The van der Waals surface area contributed by atoms with Gasteiger partial charge in [0.05, 0.1) is 0 Å². The van der Waals surface area contributed by atoms with Gasteiger partial charge in [-0.2, -0.15) is 0 Å². The number of benzene rings is 2. The molecule has 0 radical (unpaired) electrons. The molecule has 2 N–H and O–H groups in total. The fourth-order valence-electron chi connectivity index (χ4n) is 6.92. The van der Waals surface area contributed by atoms with Crippen LogP contribution in [0.5, 0.6) is 0 Å². The lowest BCUT2D eigenvalue weighted by Gasteiger charge is -2.54. The number of fused-ring (bicyclic) bond motifs is 1. The summed E-state index contributed by atoms with van der Waals surface area (Å²) >= 11 is 0. The first-order valence-electron chi connectivity index (χ1n) is 14.8.